The van der Waals surface area contributed by atoms with Crippen molar-refractivity contribution in [1.29, 1.82) is 0 Å². The van der Waals surface area contributed by atoms with Gasteiger partial charge in [-0.05, 0) is 12.5 Å². The highest BCUT2D eigenvalue weighted by Gasteiger charge is 2.35. The van der Waals surface area contributed by atoms with Crippen molar-refractivity contribution < 1.29 is 14.7 Å². The predicted molar refractivity (Wildman–Crippen MR) is 124 cm³/mol. The molecule has 10 heteroatoms. The van der Waals surface area contributed by atoms with Gasteiger partial charge in [0.05, 0.1) is 23.5 Å². The Morgan fingerprint density at radius 2 is 2.00 bits per heavy atom. The van der Waals surface area contributed by atoms with Gasteiger partial charge in [-0.3, -0.25) is 14.9 Å². The first-order valence-electron chi connectivity index (χ1n) is 9.63. The molecule has 31 heavy (non-hydrogen) atoms. The number of phenolic OH excluding ortho intramolecular Hbond substituents is 1. The highest BCUT2D eigenvalue weighted by Crippen LogP contribution is 2.35. The van der Waals surface area contributed by atoms with E-state index in [2.05, 4.69) is 28.1 Å². The number of nitrogens with two attached hydrogens (primary N) is 1. The average molecular weight is 456 g/mol. The van der Waals surface area contributed by atoms with Crippen LogP contribution in [0.25, 0.3) is 10.8 Å². The number of anilines is 1. The van der Waals surface area contributed by atoms with Gasteiger partial charge in [-0.15, -0.1) is 29.5 Å². The molecule has 1 amide bonds. The van der Waals surface area contributed by atoms with Gasteiger partial charge < -0.3 is 5.11 Å². The number of aromatic nitrogens is 2. The summed E-state index contributed by atoms with van der Waals surface area (Å²) in [6.45, 7) is 0. The molecule has 1 saturated heterocycles. The van der Waals surface area contributed by atoms with E-state index in [0.29, 0.717) is 17.7 Å². The predicted octanol–water partition coefficient (Wildman–Crippen LogP) is 2.20. The molecule has 0 bridgehead atoms. The summed E-state index contributed by atoms with van der Waals surface area (Å²) < 4.78 is 0. The second kappa shape index (κ2) is 9.23. The molecule has 0 radical (unpaired) electrons. The van der Waals surface area contributed by atoms with Crippen LogP contribution in [-0.4, -0.2) is 43.5 Å². The monoisotopic (exact) mass is 455 g/mol. The van der Waals surface area contributed by atoms with Crippen molar-refractivity contribution in [1.82, 2.24) is 15.5 Å². The highest BCUT2D eigenvalue weighted by atomic mass is 32.2. The van der Waals surface area contributed by atoms with Gasteiger partial charge in [-0.25, -0.2) is 10.9 Å². The molecule has 0 aliphatic carbocycles. The lowest BCUT2D eigenvalue weighted by Gasteiger charge is -2.22. The number of rotatable bonds is 6. The summed E-state index contributed by atoms with van der Waals surface area (Å²) in [5.41, 5.74) is 0.520. The van der Waals surface area contributed by atoms with Gasteiger partial charge in [0.2, 0.25) is 0 Å². The Labute approximate surface area is 188 Å². The maximum Gasteiger partial charge on any atom is 0.260 e. The zero-order valence-electron chi connectivity index (χ0n) is 16.4. The first-order valence-corrected chi connectivity index (χ1v) is 11.1. The van der Waals surface area contributed by atoms with Gasteiger partial charge in [0.15, 0.2) is 10.9 Å². The summed E-state index contributed by atoms with van der Waals surface area (Å²) in [4.78, 5) is 25.1. The number of thioether (sulfide) groups is 1. The van der Waals surface area contributed by atoms with E-state index in [4.69, 9.17) is 5.84 Å². The van der Waals surface area contributed by atoms with Gasteiger partial charge in [0, 0.05) is 22.1 Å². The van der Waals surface area contributed by atoms with Gasteiger partial charge >= 0.3 is 0 Å². The second-order valence-electron chi connectivity index (χ2n) is 7.19. The third-order valence-corrected chi connectivity index (χ3v) is 6.79. The van der Waals surface area contributed by atoms with E-state index in [1.54, 1.807) is 24.4 Å². The van der Waals surface area contributed by atoms with Crippen LogP contribution >= 0.6 is 24.4 Å². The van der Waals surface area contributed by atoms with E-state index < -0.39 is 12.0 Å². The van der Waals surface area contributed by atoms with Gasteiger partial charge in [0.1, 0.15) is 5.75 Å². The number of benzene rings is 2. The fraction of sp³-hybridized carbons (Fsp3) is 0.238. The van der Waals surface area contributed by atoms with Crippen LogP contribution in [0.15, 0.2) is 54.7 Å². The van der Waals surface area contributed by atoms with Crippen LogP contribution in [0.5, 0.6) is 5.75 Å². The zero-order chi connectivity index (χ0) is 22.0. The minimum Gasteiger partial charge on any atom is -0.508 e. The number of amides is 1. The van der Waals surface area contributed by atoms with Crippen molar-refractivity contribution in [2.75, 3.05) is 10.8 Å². The third-order valence-electron chi connectivity index (χ3n) is 5.23. The van der Waals surface area contributed by atoms with Crippen LogP contribution in [0.2, 0.25) is 0 Å². The lowest BCUT2D eigenvalue weighted by molar-refractivity contribution is -0.120. The fourth-order valence-electron chi connectivity index (χ4n) is 3.63. The number of carbonyl (C=O) groups excluding carboxylic acids is 2. The quantitative estimate of drug-likeness (QED) is 0.193. The number of hydrogen-bond acceptors (Lipinski definition) is 8. The number of hydrazine groups is 1. The van der Waals surface area contributed by atoms with Crippen LogP contribution in [0.1, 0.15) is 17.9 Å². The SMILES string of the molecule is NN(C(=O)[C@@H]1CS[C@H](CC(C(=O)S)c2ccccc2O)N1)c1nncc2ccccc12. The molecule has 1 aliphatic rings. The second-order valence-corrected chi connectivity index (χ2v) is 8.87. The Kier molecular flexibility index (Phi) is 6.42. The number of fused-ring (bicyclic) bond motifs is 1. The van der Waals surface area contributed by atoms with E-state index in [1.165, 1.54) is 17.8 Å². The maximum absolute atomic E-state index is 13.0. The van der Waals surface area contributed by atoms with E-state index in [-0.39, 0.29) is 28.0 Å². The first kappa shape index (κ1) is 21.6. The summed E-state index contributed by atoms with van der Waals surface area (Å²) in [5.74, 6) is 6.02. The van der Waals surface area contributed by atoms with Crippen molar-refractivity contribution in [2.45, 2.75) is 23.8 Å². The molecule has 8 nitrogen and oxygen atoms in total. The third kappa shape index (κ3) is 4.52. The molecule has 3 atom stereocenters. The summed E-state index contributed by atoms with van der Waals surface area (Å²) in [6.07, 6.45) is 2.00. The fourth-order valence-corrected chi connectivity index (χ4v) is 5.13. The molecule has 2 heterocycles. The summed E-state index contributed by atoms with van der Waals surface area (Å²) in [7, 11) is 0. The summed E-state index contributed by atoms with van der Waals surface area (Å²) in [5, 5.41) is 23.4. The number of hydrogen-bond donors (Lipinski definition) is 4. The molecule has 0 spiro atoms. The minimum absolute atomic E-state index is 0.0492. The van der Waals surface area contributed by atoms with Crippen LogP contribution in [0.3, 0.4) is 0 Å². The van der Waals surface area contributed by atoms with Crippen molar-refractivity contribution in [3.8, 4) is 5.75 Å². The molecule has 2 aromatic carbocycles. The van der Waals surface area contributed by atoms with Crippen LogP contribution in [0, 0.1) is 0 Å². The minimum atomic E-state index is -0.596. The molecule has 1 fully saturated rings. The Bertz CT molecular complexity index is 1120. The lowest BCUT2D eigenvalue weighted by atomic mass is 9.95. The number of nitrogens with one attached hydrogen (secondary N) is 1. The number of nitrogens with zero attached hydrogens (tertiary/aromatic N) is 3. The van der Waals surface area contributed by atoms with E-state index >= 15 is 0 Å². The van der Waals surface area contributed by atoms with Gasteiger partial charge in [-0.1, -0.05) is 42.5 Å². The van der Waals surface area contributed by atoms with Crippen LogP contribution in [0.4, 0.5) is 5.82 Å². The number of thiol groups is 1. The first-order chi connectivity index (χ1) is 15.0. The van der Waals surface area contributed by atoms with Crippen molar-refractivity contribution in [3.05, 3.63) is 60.3 Å². The zero-order valence-corrected chi connectivity index (χ0v) is 18.1. The Hall–Kier alpha value is -2.66. The summed E-state index contributed by atoms with van der Waals surface area (Å²) in [6, 6.07) is 13.6. The largest absolute Gasteiger partial charge is 0.508 e. The molecule has 3 aromatic rings. The summed E-state index contributed by atoms with van der Waals surface area (Å²) >= 11 is 5.53. The number of phenols is 1. The molecule has 4 rings (SSSR count). The molecule has 1 aliphatic heterocycles. The molecular formula is C21H21N5O3S2. The number of aromatic hydroxyl groups is 1. The molecule has 4 N–H and O–H groups in total. The Morgan fingerprint density at radius 3 is 2.77 bits per heavy atom. The van der Waals surface area contributed by atoms with Gasteiger partial charge in [0.25, 0.3) is 5.91 Å². The maximum atomic E-state index is 13.0. The van der Waals surface area contributed by atoms with E-state index in [1.807, 2.05) is 24.3 Å². The van der Waals surface area contributed by atoms with Crippen molar-refractivity contribution in [3.63, 3.8) is 0 Å². The van der Waals surface area contributed by atoms with Crippen LogP contribution < -0.4 is 16.2 Å². The average Bonchev–Trinajstić information content (AvgIpc) is 3.25. The Balaban J connectivity index is 1.47. The molecule has 1 unspecified atom stereocenters. The number of carbonyl (C=O) groups is 2. The van der Waals surface area contributed by atoms with Gasteiger partial charge in [-0.2, -0.15) is 5.10 Å². The topological polar surface area (TPSA) is 121 Å². The van der Waals surface area contributed by atoms with Crippen molar-refractivity contribution >= 4 is 52.0 Å². The molecule has 0 saturated carbocycles. The van der Waals surface area contributed by atoms with Crippen LogP contribution in [-0.2, 0) is 9.59 Å². The molecule has 160 valence electrons. The highest BCUT2D eigenvalue weighted by molar-refractivity contribution is 8.00. The normalized spacial score (nSPS) is 19.3. The smallest absolute Gasteiger partial charge is 0.260 e. The number of para-hydroxylation sites is 1. The lowest BCUT2D eigenvalue weighted by Crippen LogP contribution is -2.50. The molecular weight excluding hydrogens is 434 g/mol. The van der Waals surface area contributed by atoms with E-state index in [0.717, 1.165) is 15.8 Å². The van der Waals surface area contributed by atoms with E-state index in [9.17, 15) is 14.7 Å². The Morgan fingerprint density at radius 1 is 1.26 bits per heavy atom. The standard InChI is InChI=1S/C21H21N5O3S2/c22-26(19-13-6-2-1-5-12(13)10-23-25-19)20(28)16-11-31-18(24-16)9-15(21(29)30)14-7-3-4-8-17(14)27/h1-8,10,15-16,18,24,27H,9,11,22H2,(H,29,30)/t15?,16-,18+/m0/s1. The molecule has 1 aromatic heterocycles. The van der Waals surface area contributed by atoms with Crippen molar-refractivity contribution in [2.24, 2.45) is 5.84 Å².